The topological polar surface area (TPSA) is 56.8 Å². The normalized spacial score (nSPS) is 26.0. The van der Waals surface area contributed by atoms with Crippen molar-refractivity contribution < 1.29 is 19.0 Å². The third-order valence-corrected chi connectivity index (χ3v) is 3.60. The molecular formula is C12H21NO4. The summed E-state index contributed by atoms with van der Waals surface area (Å²) in [4.78, 5) is 11.3. The predicted octanol–water partition coefficient (Wildman–Crippen LogP) is 0.823. The van der Waals surface area contributed by atoms with Crippen LogP contribution in [0, 0.1) is 0 Å². The van der Waals surface area contributed by atoms with Gasteiger partial charge in [-0.25, -0.2) is 0 Å². The zero-order valence-electron chi connectivity index (χ0n) is 10.5. The van der Waals surface area contributed by atoms with Gasteiger partial charge in [0.25, 0.3) is 0 Å². The van der Waals surface area contributed by atoms with Crippen LogP contribution in [0.1, 0.15) is 32.6 Å². The van der Waals surface area contributed by atoms with Crippen molar-refractivity contribution in [2.24, 2.45) is 0 Å². The minimum Gasteiger partial charge on any atom is -0.468 e. The van der Waals surface area contributed by atoms with Crippen molar-refractivity contribution in [1.82, 2.24) is 5.32 Å². The molecule has 2 rings (SSSR count). The summed E-state index contributed by atoms with van der Waals surface area (Å²) in [6.07, 6.45) is 3.75. The number of methoxy groups -OCH3 is 1. The van der Waals surface area contributed by atoms with Crippen molar-refractivity contribution in [2.75, 3.05) is 20.3 Å². The molecule has 1 aliphatic carbocycles. The molecule has 17 heavy (non-hydrogen) atoms. The summed E-state index contributed by atoms with van der Waals surface area (Å²) in [5, 5.41) is 3.29. The lowest BCUT2D eigenvalue weighted by Crippen LogP contribution is -2.47. The van der Waals surface area contributed by atoms with Crippen LogP contribution in [0.15, 0.2) is 0 Å². The Morgan fingerprint density at radius 2 is 1.94 bits per heavy atom. The maximum Gasteiger partial charge on any atom is 0.322 e. The van der Waals surface area contributed by atoms with E-state index >= 15 is 0 Å². The van der Waals surface area contributed by atoms with Crippen LogP contribution in [0.2, 0.25) is 0 Å². The largest absolute Gasteiger partial charge is 0.468 e. The molecule has 1 saturated carbocycles. The van der Waals surface area contributed by atoms with E-state index in [4.69, 9.17) is 14.2 Å². The average Bonchev–Trinajstić information content (AvgIpc) is 2.80. The van der Waals surface area contributed by atoms with Crippen molar-refractivity contribution in [3.8, 4) is 0 Å². The number of rotatable bonds is 3. The Morgan fingerprint density at radius 1 is 1.35 bits per heavy atom. The fourth-order valence-electron chi connectivity index (χ4n) is 2.61. The first-order chi connectivity index (χ1) is 8.15. The van der Waals surface area contributed by atoms with E-state index in [0.29, 0.717) is 19.3 Å². The van der Waals surface area contributed by atoms with Crippen LogP contribution in [0.5, 0.6) is 0 Å². The van der Waals surface area contributed by atoms with Gasteiger partial charge in [-0.15, -0.1) is 0 Å². The molecule has 2 fully saturated rings. The van der Waals surface area contributed by atoms with E-state index in [1.54, 1.807) is 0 Å². The lowest BCUT2D eigenvalue weighted by Gasteiger charge is -2.36. The number of nitrogens with one attached hydrogen (secondary N) is 1. The molecule has 1 aliphatic heterocycles. The van der Waals surface area contributed by atoms with Gasteiger partial charge in [0.05, 0.1) is 20.3 Å². The second-order valence-electron chi connectivity index (χ2n) is 4.79. The van der Waals surface area contributed by atoms with Gasteiger partial charge in [-0.05, 0) is 19.8 Å². The van der Waals surface area contributed by atoms with Gasteiger partial charge in [0, 0.05) is 18.9 Å². The molecule has 1 spiro atoms. The van der Waals surface area contributed by atoms with E-state index in [2.05, 4.69) is 5.32 Å². The van der Waals surface area contributed by atoms with E-state index in [1.165, 1.54) is 7.11 Å². The summed E-state index contributed by atoms with van der Waals surface area (Å²) in [6.45, 7) is 3.24. The zero-order valence-corrected chi connectivity index (χ0v) is 10.5. The van der Waals surface area contributed by atoms with Crippen molar-refractivity contribution in [1.29, 1.82) is 0 Å². The highest BCUT2D eigenvalue weighted by atomic mass is 16.7. The molecule has 1 saturated heterocycles. The zero-order chi connectivity index (χ0) is 12.3. The second kappa shape index (κ2) is 5.33. The molecule has 98 valence electrons. The van der Waals surface area contributed by atoms with Gasteiger partial charge < -0.3 is 19.5 Å². The molecule has 0 unspecified atom stereocenters. The highest BCUT2D eigenvalue weighted by molar-refractivity contribution is 5.75. The Labute approximate surface area is 102 Å². The monoisotopic (exact) mass is 243 g/mol. The molecule has 1 heterocycles. The van der Waals surface area contributed by atoms with Crippen molar-refractivity contribution in [3.63, 3.8) is 0 Å². The molecule has 5 nitrogen and oxygen atoms in total. The number of hydrogen-bond acceptors (Lipinski definition) is 5. The van der Waals surface area contributed by atoms with Gasteiger partial charge in [0.2, 0.25) is 0 Å². The number of carbonyl (C=O) groups is 1. The van der Waals surface area contributed by atoms with Gasteiger partial charge in [-0.2, -0.15) is 0 Å². The first-order valence-electron chi connectivity index (χ1n) is 6.27. The average molecular weight is 243 g/mol. The minimum absolute atomic E-state index is 0.210. The van der Waals surface area contributed by atoms with E-state index in [0.717, 1.165) is 25.7 Å². The highest BCUT2D eigenvalue weighted by Gasteiger charge is 2.40. The van der Waals surface area contributed by atoms with E-state index < -0.39 is 0 Å². The molecule has 0 aromatic rings. The number of carbonyl (C=O) groups excluding carboxylic acids is 1. The molecule has 0 bridgehead atoms. The first-order valence-corrected chi connectivity index (χ1v) is 6.27. The Kier molecular flexibility index (Phi) is 4.01. The molecule has 0 radical (unpaired) electrons. The summed E-state index contributed by atoms with van der Waals surface area (Å²) in [5.74, 6) is -0.536. The Bertz CT molecular complexity index is 266. The second-order valence-corrected chi connectivity index (χ2v) is 4.79. The molecular weight excluding hydrogens is 222 g/mol. The summed E-state index contributed by atoms with van der Waals surface area (Å²) in [6, 6.07) is 0.104. The van der Waals surface area contributed by atoms with Crippen LogP contribution in [0.3, 0.4) is 0 Å². The predicted molar refractivity (Wildman–Crippen MR) is 61.5 cm³/mol. The number of hydrogen-bond donors (Lipinski definition) is 1. The first kappa shape index (κ1) is 12.8. The third kappa shape index (κ3) is 2.97. The standard InChI is InChI=1S/C12H21NO4/c1-9(11(14)15-2)13-10-3-5-12(6-4-10)16-7-8-17-12/h9-10,13H,3-8H2,1-2H3/t9-/m0/s1. The maximum absolute atomic E-state index is 11.3. The lowest BCUT2D eigenvalue weighted by molar-refractivity contribution is -0.180. The Hall–Kier alpha value is -0.650. The quantitative estimate of drug-likeness (QED) is 0.744. The van der Waals surface area contributed by atoms with Crippen molar-refractivity contribution in [3.05, 3.63) is 0 Å². The van der Waals surface area contributed by atoms with Crippen LogP contribution in [0.25, 0.3) is 0 Å². The molecule has 2 aliphatic rings. The molecule has 0 amide bonds. The van der Waals surface area contributed by atoms with Gasteiger partial charge in [-0.3, -0.25) is 4.79 Å². The van der Waals surface area contributed by atoms with Crippen LogP contribution in [-0.2, 0) is 19.0 Å². The summed E-state index contributed by atoms with van der Waals surface area (Å²) in [5.41, 5.74) is 0. The molecule has 1 N–H and O–H groups in total. The molecule has 0 aromatic heterocycles. The fourth-order valence-corrected chi connectivity index (χ4v) is 2.61. The molecule has 0 aromatic carbocycles. The van der Waals surface area contributed by atoms with Crippen LogP contribution >= 0.6 is 0 Å². The smallest absolute Gasteiger partial charge is 0.322 e. The molecule has 5 heteroatoms. The van der Waals surface area contributed by atoms with Crippen LogP contribution in [-0.4, -0.2) is 44.2 Å². The van der Waals surface area contributed by atoms with Crippen LogP contribution in [0.4, 0.5) is 0 Å². The number of ether oxygens (including phenoxy) is 3. The summed E-state index contributed by atoms with van der Waals surface area (Å²) >= 11 is 0. The van der Waals surface area contributed by atoms with Crippen LogP contribution < -0.4 is 5.32 Å². The minimum atomic E-state index is -0.327. The highest BCUT2D eigenvalue weighted by Crippen LogP contribution is 2.35. The number of esters is 1. The van der Waals surface area contributed by atoms with E-state index in [-0.39, 0.29) is 17.8 Å². The fraction of sp³-hybridized carbons (Fsp3) is 0.917. The maximum atomic E-state index is 11.3. The van der Waals surface area contributed by atoms with Crippen molar-refractivity contribution >= 4 is 5.97 Å². The van der Waals surface area contributed by atoms with Gasteiger partial charge in [-0.1, -0.05) is 0 Å². The Balaban J connectivity index is 1.77. The molecule has 1 atom stereocenters. The summed E-state index contributed by atoms with van der Waals surface area (Å²) < 4.78 is 16.0. The van der Waals surface area contributed by atoms with E-state index in [9.17, 15) is 4.79 Å². The summed E-state index contributed by atoms with van der Waals surface area (Å²) in [7, 11) is 1.41. The third-order valence-electron chi connectivity index (χ3n) is 3.60. The van der Waals surface area contributed by atoms with E-state index in [1.807, 2.05) is 6.92 Å². The SMILES string of the molecule is COC(=O)[C@H](C)NC1CCC2(CC1)OCCO2. The van der Waals surface area contributed by atoms with Gasteiger partial charge >= 0.3 is 5.97 Å². The van der Waals surface area contributed by atoms with Gasteiger partial charge in [0.1, 0.15) is 6.04 Å². The van der Waals surface area contributed by atoms with Gasteiger partial charge in [0.15, 0.2) is 5.79 Å². The Morgan fingerprint density at radius 3 is 2.47 bits per heavy atom. The lowest BCUT2D eigenvalue weighted by atomic mass is 9.89. The van der Waals surface area contributed by atoms with Crippen molar-refractivity contribution in [2.45, 2.75) is 50.5 Å².